The van der Waals surface area contributed by atoms with Crippen molar-refractivity contribution in [1.29, 1.82) is 0 Å². The van der Waals surface area contributed by atoms with Gasteiger partial charge in [0.15, 0.2) is 0 Å². The van der Waals surface area contributed by atoms with Gasteiger partial charge in [0.05, 0.1) is 23.7 Å². The number of unbranched alkanes of at least 4 members (excludes halogenated alkanes) is 1. The van der Waals surface area contributed by atoms with Crippen LogP contribution in [0.2, 0.25) is 0 Å². The van der Waals surface area contributed by atoms with E-state index in [-0.39, 0.29) is 23.7 Å². The number of phenolic OH excluding ortho intramolecular Hbond substituents is 1. The van der Waals surface area contributed by atoms with Gasteiger partial charge >= 0.3 is 5.97 Å². The highest BCUT2D eigenvalue weighted by Crippen LogP contribution is 2.19. The minimum Gasteiger partial charge on any atom is -0.508 e. The highest BCUT2D eigenvalue weighted by Gasteiger charge is 2.13. The zero-order valence-electron chi connectivity index (χ0n) is 14.8. The molecule has 0 saturated heterocycles. The number of carbonyl (C=O) groups excluding carboxylic acids is 1. The zero-order chi connectivity index (χ0) is 19.4. The number of methoxy groups -OCH3 is 1. The maximum Gasteiger partial charge on any atom is 0.305 e. The van der Waals surface area contributed by atoms with Gasteiger partial charge in [-0.05, 0) is 49.2 Å². The Morgan fingerprint density at radius 2 is 1.93 bits per heavy atom. The van der Waals surface area contributed by atoms with Crippen molar-refractivity contribution in [3.05, 3.63) is 64.5 Å². The molecule has 3 aromatic rings. The van der Waals surface area contributed by atoms with Crippen LogP contribution >= 0.6 is 0 Å². The van der Waals surface area contributed by atoms with Gasteiger partial charge in [-0.1, -0.05) is 0 Å². The van der Waals surface area contributed by atoms with Crippen molar-refractivity contribution in [3.8, 4) is 11.4 Å². The Balaban J connectivity index is 2.02. The summed E-state index contributed by atoms with van der Waals surface area (Å²) in [5.41, 5.74) is 0.600. The number of halogens is 1. The Morgan fingerprint density at radius 1 is 1.19 bits per heavy atom. The SMILES string of the molecule is COC(=O)CCCCc1nc2cc(O)ccc2c(=O)n1-c1ccc(F)cc1. The second kappa shape index (κ2) is 7.99. The molecule has 140 valence electrons. The summed E-state index contributed by atoms with van der Waals surface area (Å²) in [5.74, 6) is -0.187. The molecule has 1 N–H and O–H groups in total. The van der Waals surface area contributed by atoms with Crippen LogP contribution in [0.3, 0.4) is 0 Å². The first kappa shape index (κ1) is 18.6. The van der Waals surface area contributed by atoms with Crippen LogP contribution in [-0.4, -0.2) is 27.7 Å². The number of carbonyl (C=O) groups is 1. The molecule has 7 heteroatoms. The first-order chi connectivity index (χ1) is 13.0. The van der Waals surface area contributed by atoms with Gasteiger partial charge in [0.2, 0.25) is 0 Å². The number of hydrogen-bond acceptors (Lipinski definition) is 5. The summed E-state index contributed by atoms with van der Waals surface area (Å²) in [6.45, 7) is 0. The Hall–Kier alpha value is -3.22. The van der Waals surface area contributed by atoms with Gasteiger partial charge in [0.25, 0.3) is 5.56 Å². The fourth-order valence-electron chi connectivity index (χ4n) is 2.90. The Bertz CT molecular complexity index is 1030. The van der Waals surface area contributed by atoms with Crippen LogP contribution in [0.25, 0.3) is 16.6 Å². The van der Waals surface area contributed by atoms with Gasteiger partial charge in [-0.2, -0.15) is 0 Å². The molecule has 0 aliphatic rings. The van der Waals surface area contributed by atoms with E-state index >= 15 is 0 Å². The second-order valence-electron chi connectivity index (χ2n) is 6.13. The van der Waals surface area contributed by atoms with Crippen molar-refractivity contribution in [2.24, 2.45) is 0 Å². The lowest BCUT2D eigenvalue weighted by Gasteiger charge is -2.14. The number of ether oxygens (including phenoxy) is 1. The van der Waals surface area contributed by atoms with E-state index in [1.807, 2.05) is 0 Å². The molecule has 0 aliphatic carbocycles. The molecule has 0 spiro atoms. The molecule has 0 unspecified atom stereocenters. The third-order valence-electron chi connectivity index (χ3n) is 4.27. The van der Waals surface area contributed by atoms with Gasteiger partial charge in [0, 0.05) is 18.9 Å². The van der Waals surface area contributed by atoms with Crippen molar-refractivity contribution in [2.45, 2.75) is 25.7 Å². The predicted molar refractivity (Wildman–Crippen MR) is 98.5 cm³/mol. The highest BCUT2D eigenvalue weighted by molar-refractivity contribution is 5.79. The molecule has 27 heavy (non-hydrogen) atoms. The lowest BCUT2D eigenvalue weighted by atomic mass is 10.1. The molecule has 6 nitrogen and oxygen atoms in total. The molecule has 0 fully saturated rings. The van der Waals surface area contributed by atoms with Crippen LogP contribution < -0.4 is 5.56 Å². The molecule has 0 saturated carbocycles. The number of rotatable bonds is 6. The maximum atomic E-state index is 13.3. The summed E-state index contributed by atoms with van der Waals surface area (Å²) in [6.07, 6.45) is 1.93. The monoisotopic (exact) mass is 370 g/mol. The Morgan fingerprint density at radius 3 is 2.63 bits per heavy atom. The third-order valence-corrected chi connectivity index (χ3v) is 4.27. The summed E-state index contributed by atoms with van der Waals surface area (Å²) in [5, 5.41) is 10.0. The zero-order valence-corrected chi connectivity index (χ0v) is 14.8. The fourth-order valence-corrected chi connectivity index (χ4v) is 2.90. The van der Waals surface area contributed by atoms with Gasteiger partial charge in [0.1, 0.15) is 17.4 Å². The van der Waals surface area contributed by atoms with E-state index in [0.717, 1.165) is 0 Å². The molecule has 0 bridgehead atoms. The first-order valence-electron chi connectivity index (χ1n) is 8.57. The van der Waals surface area contributed by atoms with E-state index in [2.05, 4.69) is 9.72 Å². The normalized spacial score (nSPS) is 10.9. The van der Waals surface area contributed by atoms with Crippen LogP contribution in [0.1, 0.15) is 25.1 Å². The van der Waals surface area contributed by atoms with Crippen molar-refractivity contribution >= 4 is 16.9 Å². The minimum absolute atomic E-state index is 0.0190. The molecule has 0 atom stereocenters. The summed E-state index contributed by atoms with van der Waals surface area (Å²) < 4.78 is 19.3. The standard InChI is InChI=1S/C20H19FN2O4/c1-27-19(25)5-3-2-4-18-22-17-12-15(24)10-11-16(17)20(26)23(18)14-8-6-13(21)7-9-14/h6-12,24H,2-5H2,1H3. The molecular weight excluding hydrogens is 351 g/mol. The number of hydrogen-bond donors (Lipinski definition) is 1. The largest absolute Gasteiger partial charge is 0.508 e. The van der Waals surface area contributed by atoms with E-state index in [9.17, 15) is 19.1 Å². The van der Waals surface area contributed by atoms with E-state index in [1.54, 1.807) is 0 Å². The smallest absolute Gasteiger partial charge is 0.305 e. The first-order valence-corrected chi connectivity index (χ1v) is 8.57. The number of phenols is 1. The number of benzene rings is 2. The van der Waals surface area contributed by atoms with E-state index < -0.39 is 5.82 Å². The maximum absolute atomic E-state index is 13.3. The summed E-state index contributed by atoms with van der Waals surface area (Å²) in [6, 6.07) is 9.97. The summed E-state index contributed by atoms with van der Waals surface area (Å²) in [7, 11) is 1.34. The van der Waals surface area contributed by atoms with E-state index in [4.69, 9.17) is 0 Å². The topological polar surface area (TPSA) is 81.4 Å². The number of aromatic hydroxyl groups is 1. The lowest BCUT2D eigenvalue weighted by Crippen LogP contribution is -2.24. The molecule has 2 aromatic carbocycles. The van der Waals surface area contributed by atoms with Gasteiger partial charge in [-0.25, -0.2) is 9.37 Å². The Kier molecular flexibility index (Phi) is 5.49. The number of esters is 1. The minimum atomic E-state index is -0.398. The quantitative estimate of drug-likeness (QED) is 0.533. The number of aryl methyl sites for hydroxylation is 1. The van der Waals surface area contributed by atoms with Crippen LogP contribution in [0.15, 0.2) is 47.3 Å². The molecule has 0 radical (unpaired) electrons. The molecular formula is C20H19FN2O4. The van der Waals surface area contributed by atoms with Gasteiger partial charge in [-0.3, -0.25) is 14.2 Å². The van der Waals surface area contributed by atoms with Crippen molar-refractivity contribution in [3.63, 3.8) is 0 Å². The molecule has 1 aromatic heterocycles. The average molecular weight is 370 g/mol. The summed E-state index contributed by atoms with van der Waals surface area (Å²) in [4.78, 5) is 28.8. The van der Waals surface area contributed by atoms with E-state index in [0.29, 0.717) is 41.7 Å². The molecule has 3 rings (SSSR count). The van der Waals surface area contributed by atoms with Crippen molar-refractivity contribution < 1.29 is 19.0 Å². The summed E-state index contributed by atoms with van der Waals surface area (Å²) >= 11 is 0. The number of aromatic nitrogens is 2. The lowest BCUT2D eigenvalue weighted by molar-refractivity contribution is -0.140. The van der Waals surface area contributed by atoms with Crippen LogP contribution in [0, 0.1) is 5.82 Å². The van der Waals surface area contributed by atoms with Crippen LogP contribution in [-0.2, 0) is 16.0 Å². The average Bonchev–Trinajstić information content (AvgIpc) is 2.66. The number of fused-ring (bicyclic) bond motifs is 1. The molecule has 0 aliphatic heterocycles. The fraction of sp³-hybridized carbons (Fsp3) is 0.250. The second-order valence-corrected chi connectivity index (χ2v) is 6.13. The third kappa shape index (κ3) is 4.13. The molecule has 1 heterocycles. The predicted octanol–water partition coefficient (Wildman–Crippen LogP) is 3.12. The van der Waals surface area contributed by atoms with Crippen molar-refractivity contribution in [2.75, 3.05) is 7.11 Å². The van der Waals surface area contributed by atoms with Crippen LogP contribution in [0.5, 0.6) is 5.75 Å². The highest BCUT2D eigenvalue weighted by atomic mass is 19.1. The van der Waals surface area contributed by atoms with Crippen molar-refractivity contribution in [1.82, 2.24) is 9.55 Å². The van der Waals surface area contributed by atoms with E-state index in [1.165, 1.54) is 54.1 Å². The molecule has 0 amide bonds. The van der Waals surface area contributed by atoms with Gasteiger partial charge < -0.3 is 9.84 Å². The van der Waals surface area contributed by atoms with Gasteiger partial charge in [-0.15, -0.1) is 0 Å². The van der Waals surface area contributed by atoms with Crippen LogP contribution in [0.4, 0.5) is 4.39 Å². The number of nitrogens with zero attached hydrogens (tertiary/aromatic N) is 2. The Labute approximate surface area is 154 Å².